The molecule has 0 saturated carbocycles. The van der Waals surface area contributed by atoms with Crippen LogP contribution in [0.4, 0.5) is 4.79 Å². The molecule has 0 aromatic rings. The number of carbonyl (C=O) groups is 4. The van der Waals surface area contributed by atoms with Crippen molar-refractivity contribution in [3.05, 3.63) is 0 Å². The second-order valence-corrected chi connectivity index (χ2v) is 13.5. The molecular weight excluding hydrogens is 517 g/mol. The average molecular weight is 568 g/mol. The zero-order valence-electron chi connectivity index (χ0n) is 26.0. The van der Waals surface area contributed by atoms with Crippen LogP contribution in [-0.2, 0) is 28.4 Å². The van der Waals surface area contributed by atoms with Gasteiger partial charge < -0.3 is 34.7 Å². The third kappa shape index (κ3) is 8.34. The summed E-state index contributed by atoms with van der Waals surface area (Å²) in [6.07, 6.45) is 1.81. The first-order valence-corrected chi connectivity index (χ1v) is 14.4. The van der Waals surface area contributed by atoms with Gasteiger partial charge in [0.25, 0.3) is 0 Å². The average Bonchev–Trinajstić information content (AvgIpc) is 2.99. The van der Waals surface area contributed by atoms with Crippen LogP contribution in [0.15, 0.2) is 0 Å². The van der Waals surface area contributed by atoms with Gasteiger partial charge in [0.05, 0.1) is 11.2 Å². The Morgan fingerprint density at radius 2 is 1.65 bits per heavy atom. The summed E-state index contributed by atoms with van der Waals surface area (Å²) in [7, 11) is -0.376. The minimum absolute atomic E-state index is 0.0708. The van der Waals surface area contributed by atoms with E-state index in [0.717, 1.165) is 0 Å². The number of hydrogen-bond acceptors (Lipinski definition) is 7. The molecule has 2 rings (SSSR count). The van der Waals surface area contributed by atoms with Crippen LogP contribution in [0.3, 0.4) is 0 Å². The molecule has 40 heavy (non-hydrogen) atoms. The molecule has 0 spiro atoms. The zero-order valence-corrected chi connectivity index (χ0v) is 26.0. The fourth-order valence-corrected chi connectivity index (χ4v) is 5.32. The monoisotopic (exact) mass is 567 g/mol. The van der Waals surface area contributed by atoms with Crippen molar-refractivity contribution in [3.8, 4) is 0 Å². The van der Waals surface area contributed by atoms with E-state index in [1.807, 2.05) is 41.5 Å². The van der Waals surface area contributed by atoms with E-state index in [4.69, 9.17) is 14.0 Å². The fourth-order valence-electron chi connectivity index (χ4n) is 5.32. The maximum absolute atomic E-state index is 13.2. The Morgan fingerprint density at radius 3 is 2.12 bits per heavy atom. The van der Waals surface area contributed by atoms with Gasteiger partial charge in [-0.05, 0) is 73.5 Å². The molecule has 12 heteroatoms. The number of likely N-dealkylation sites (tertiary alicyclic amines) is 1. The predicted octanol–water partition coefficient (Wildman–Crippen LogP) is 3.75. The van der Waals surface area contributed by atoms with Crippen LogP contribution in [-0.4, -0.2) is 82.0 Å². The van der Waals surface area contributed by atoms with Crippen LogP contribution in [0.1, 0.15) is 101 Å². The van der Waals surface area contributed by atoms with Crippen molar-refractivity contribution in [1.29, 1.82) is 0 Å². The first-order chi connectivity index (χ1) is 18.2. The Bertz CT molecular complexity index is 932. The molecule has 3 N–H and O–H groups in total. The smallest absolute Gasteiger partial charge is 0.457 e. The quantitative estimate of drug-likeness (QED) is 0.268. The third-order valence-corrected chi connectivity index (χ3v) is 8.13. The van der Waals surface area contributed by atoms with Gasteiger partial charge in [-0.2, -0.15) is 0 Å². The lowest BCUT2D eigenvalue weighted by atomic mass is 9.77. The maximum atomic E-state index is 13.2. The molecule has 0 aromatic heterocycles. The summed E-state index contributed by atoms with van der Waals surface area (Å²) in [6, 6.07) is -1.34. The van der Waals surface area contributed by atoms with Crippen LogP contribution >= 0.6 is 0 Å². The number of nitrogens with one attached hydrogen (secondary N) is 2. The normalized spacial score (nSPS) is 24.9. The number of alkyl carbamates (subject to hydrolysis) is 1. The van der Waals surface area contributed by atoms with E-state index in [-0.39, 0.29) is 38.3 Å². The summed E-state index contributed by atoms with van der Waals surface area (Å²) in [5, 5.41) is 16.0. The van der Waals surface area contributed by atoms with E-state index in [9.17, 15) is 24.3 Å². The Morgan fingerprint density at radius 1 is 1.07 bits per heavy atom. The molecule has 2 saturated heterocycles. The molecule has 0 aliphatic carbocycles. The molecule has 2 aliphatic heterocycles. The SMILES string of the molecule is CC(=O)N1CC[C@H](NC(=O)[C@H](NC(=O)OC(C)(C)C)C(C)C)C[C@]1(CCCCB1OC(C)(C)C(C)(C)O1)C(=O)O. The summed E-state index contributed by atoms with van der Waals surface area (Å²) in [6.45, 7) is 18.4. The van der Waals surface area contributed by atoms with Crippen molar-refractivity contribution in [2.45, 2.75) is 142 Å². The summed E-state index contributed by atoms with van der Waals surface area (Å²) in [4.78, 5) is 52.3. The molecule has 11 nitrogen and oxygen atoms in total. The standard InChI is InChI=1S/C28H50BN3O8/c1-18(2)21(31-24(37)38-25(4,5)6)22(34)30-20-13-16-32(19(3)33)28(17-20,23(35)36)14-11-12-15-29-39-26(7,8)27(9,10)40-29/h18,20-21H,11-17H2,1-10H3,(H,30,34)(H,31,37)(H,35,36)/t20-,21+,28+/m0/s1. The van der Waals surface area contributed by atoms with E-state index in [0.29, 0.717) is 25.6 Å². The molecule has 2 heterocycles. The van der Waals surface area contributed by atoms with Crippen LogP contribution in [0.2, 0.25) is 6.32 Å². The number of piperidine rings is 1. The highest BCUT2D eigenvalue weighted by molar-refractivity contribution is 6.45. The number of ether oxygens (including phenoxy) is 1. The highest BCUT2D eigenvalue weighted by atomic mass is 16.7. The van der Waals surface area contributed by atoms with Gasteiger partial charge >= 0.3 is 19.2 Å². The first-order valence-electron chi connectivity index (χ1n) is 14.4. The van der Waals surface area contributed by atoms with Gasteiger partial charge in [0.1, 0.15) is 17.2 Å². The Hall–Kier alpha value is -2.34. The van der Waals surface area contributed by atoms with Crippen LogP contribution in [0.5, 0.6) is 0 Å². The van der Waals surface area contributed by atoms with E-state index >= 15 is 0 Å². The third-order valence-electron chi connectivity index (χ3n) is 8.13. The van der Waals surface area contributed by atoms with Crippen LogP contribution in [0, 0.1) is 5.92 Å². The van der Waals surface area contributed by atoms with E-state index in [2.05, 4.69) is 10.6 Å². The molecule has 0 radical (unpaired) electrons. The molecule has 2 aliphatic rings. The predicted molar refractivity (Wildman–Crippen MR) is 152 cm³/mol. The van der Waals surface area contributed by atoms with Gasteiger partial charge in [-0.1, -0.05) is 26.7 Å². The van der Waals surface area contributed by atoms with Gasteiger partial charge in [-0.25, -0.2) is 9.59 Å². The largest absolute Gasteiger partial charge is 0.479 e. The van der Waals surface area contributed by atoms with Crippen molar-refractivity contribution in [2.24, 2.45) is 5.92 Å². The maximum Gasteiger partial charge on any atom is 0.457 e. The fraction of sp³-hybridized carbons (Fsp3) is 0.857. The van der Waals surface area contributed by atoms with E-state index < -0.39 is 52.4 Å². The second kappa shape index (κ2) is 12.7. The number of unbranched alkanes of at least 4 members (excludes halogenated alkanes) is 1. The highest BCUT2D eigenvalue weighted by Gasteiger charge is 2.52. The van der Waals surface area contributed by atoms with Gasteiger partial charge in [0.15, 0.2) is 0 Å². The Labute approximate surface area is 239 Å². The Kier molecular flexibility index (Phi) is 10.7. The molecule has 3 amide bonds. The summed E-state index contributed by atoms with van der Waals surface area (Å²) < 4.78 is 17.4. The minimum atomic E-state index is -1.45. The molecule has 228 valence electrons. The summed E-state index contributed by atoms with van der Waals surface area (Å²) >= 11 is 0. The van der Waals surface area contributed by atoms with Gasteiger partial charge in [-0.3, -0.25) is 9.59 Å². The topological polar surface area (TPSA) is 144 Å². The number of nitrogens with zero attached hydrogens (tertiary/aromatic N) is 1. The zero-order chi connectivity index (χ0) is 30.7. The highest BCUT2D eigenvalue weighted by Crippen LogP contribution is 2.39. The lowest BCUT2D eigenvalue weighted by molar-refractivity contribution is -0.163. The van der Waals surface area contributed by atoms with Gasteiger partial charge in [0.2, 0.25) is 11.8 Å². The van der Waals surface area contributed by atoms with E-state index in [1.165, 1.54) is 11.8 Å². The van der Waals surface area contributed by atoms with E-state index in [1.54, 1.807) is 20.8 Å². The number of carboxylic acids is 1. The minimum Gasteiger partial charge on any atom is -0.479 e. The molecule has 0 bridgehead atoms. The molecule has 3 atom stereocenters. The van der Waals surface area contributed by atoms with Crippen molar-refractivity contribution >= 4 is 31.0 Å². The number of rotatable bonds is 10. The van der Waals surface area contributed by atoms with Crippen LogP contribution < -0.4 is 10.6 Å². The number of aliphatic carboxylic acids is 1. The van der Waals surface area contributed by atoms with Crippen molar-refractivity contribution in [3.63, 3.8) is 0 Å². The number of carboxylic acid groups (broad SMARTS) is 1. The van der Waals surface area contributed by atoms with Gasteiger partial charge in [0, 0.05) is 25.9 Å². The lowest BCUT2D eigenvalue weighted by Gasteiger charge is -2.47. The molecule has 0 unspecified atom stereocenters. The molecule has 0 aromatic carbocycles. The van der Waals surface area contributed by atoms with Crippen molar-refractivity contribution in [2.75, 3.05) is 6.54 Å². The van der Waals surface area contributed by atoms with Gasteiger partial charge in [-0.15, -0.1) is 0 Å². The first kappa shape index (κ1) is 33.9. The molecule has 2 fully saturated rings. The second-order valence-electron chi connectivity index (χ2n) is 13.5. The van der Waals surface area contributed by atoms with Crippen molar-refractivity contribution < 1.29 is 38.3 Å². The number of carbonyl (C=O) groups excluding carboxylic acids is 3. The van der Waals surface area contributed by atoms with Crippen molar-refractivity contribution in [1.82, 2.24) is 15.5 Å². The summed E-state index contributed by atoms with van der Waals surface area (Å²) in [5.74, 6) is -2.06. The lowest BCUT2D eigenvalue weighted by Crippen LogP contribution is -2.64. The number of amides is 3. The Balaban J connectivity index is 2.09. The number of hydrogen-bond donors (Lipinski definition) is 3. The van der Waals surface area contributed by atoms with Crippen LogP contribution in [0.25, 0.3) is 0 Å². The summed E-state index contributed by atoms with van der Waals surface area (Å²) in [5.41, 5.74) is -3.05. The molecular formula is C28H50BN3O8.